The van der Waals surface area contributed by atoms with Gasteiger partial charge in [-0.3, -0.25) is 9.59 Å². The van der Waals surface area contributed by atoms with Crippen LogP contribution in [0.15, 0.2) is 311 Å². The number of halogens is 2. The quantitative estimate of drug-likeness (QED) is 0.0343. The summed E-state index contributed by atoms with van der Waals surface area (Å²) >= 11 is 10.4. The van der Waals surface area contributed by atoms with Crippen LogP contribution in [0.25, 0.3) is 0 Å². The van der Waals surface area contributed by atoms with Gasteiger partial charge >= 0.3 is 11.9 Å². The van der Waals surface area contributed by atoms with Crippen LogP contribution in [-0.2, 0) is 42.8 Å². The first-order chi connectivity index (χ1) is 44.5. The highest BCUT2D eigenvalue weighted by Crippen LogP contribution is 2.39. The van der Waals surface area contributed by atoms with Gasteiger partial charge in [0.1, 0.15) is 17.2 Å². The van der Waals surface area contributed by atoms with E-state index in [0.29, 0.717) is 45.8 Å². The van der Waals surface area contributed by atoms with Crippen LogP contribution in [0.5, 0.6) is 17.2 Å². The van der Waals surface area contributed by atoms with E-state index in [0.717, 1.165) is 43.2 Å². The maximum absolute atomic E-state index is 13.4. The topological polar surface area (TPSA) is 164 Å². The average Bonchev–Trinajstić information content (AvgIpc) is 0.855. The minimum Gasteiger partial charge on any atom is -0.748 e. The number of benzene rings is 11. The van der Waals surface area contributed by atoms with Gasteiger partial charge in [-0.15, -0.1) is 0 Å². The summed E-state index contributed by atoms with van der Waals surface area (Å²) in [5.41, 5.74) is 6.73. The van der Waals surface area contributed by atoms with Crippen molar-refractivity contribution in [2.75, 3.05) is 6.26 Å². The van der Waals surface area contributed by atoms with Crippen molar-refractivity contribution < 1.29 is 46.7 Å². The van der Waals surface area contributed by atoms with E-state index in [1.807, 2.05) is 77.9 Å². The summed E-state index contributed by atoms with van der Waals surface area (Å²) < 4.78 is 39.2. The number of phenolic OH excluding ortho intramolecular Hbond substituents is 1. The Morgan fingerprint density at radius 1 is 0.333 bits per heavy atom. The van der Waals surface area contributed by atoms with E-state index in [1.165, 1.54) is 58.5 Å². The van der Waals surface area contributed by atoms with E-state index in [9.17, 15) is 24.3 Å². The van der Waals surface area contributed by atoms with Crippen LogP contribution in [0.2, 0.25) is 0 Å². The molecule has 0 aliphatic rings. The number of carbonyl (C=O) groups excluding carboxylic acids is 4. The van der Waals surface area contributed by atoms with Crippen LogP contribution in [0.4, 0.5) is 0 Å². The molecule has 93 heavy (non-hydrogen) atoms. The Hall–Kier alpha value is -8.96. The molecule has 0 fully saturated rings. The lowest BCUT2D eigenvalue weighted by molar-refractivity contribution is 0.0718. The molecule has 0 bridgehead atoms. The molecule has 11 rings (SSSR count). The lowest BCUT2D eigenvalue weighted by atomic mass is 10.1. The second-order valence-electron chi connectivity index (χ2n) is 21.2. The van der Waals surface area contributed by atoms with E-state index in [2.05, 4.69) is 182 Å². The molecule has 0 unspecified atom stereocenters. The van der Waals surface area contributed by atoms with Gasteiger partial charge in [-0.25, -0.2) is 18.0 Å². The van der Waals surface area contributed by atoms with Crippen LogP contribution < -0.4 is 9.47 Å². The highest BCUT2D eigenvalue weighted by atomic mass is 35.5. The summed E-state index contributed by atoms with van der Waals surface area (Å²) in [4.78, 5) is 58.9. The van der Waals surface area contributed by atoms with E-state index < -0.39 is 32.5 Å². The van der Waals surface area contributed by atoms with Crippen molar-refractivity contribution in [1.82, 2.24) is 0 Å². The Balaban J connectivity index is 0.000000230. The number of aromatic hydroxyl groups is 1. The van der Waals surface area contributed by atoms with Gasteiger partial charge in [0.2, 0.25) is 0 Å². The number of hydrogen-bond acceptors (Lipinski definition) is 10. The zero-order valence-corrected chi connectivity index (χ0v) is 56.7. The van der Waals surface area contributed by atoms with Gasteiger partial charge in [0.15, 0.2) is 44.1 Å². The Bertz CT molecular complexity index is 4070. The summed E-state index contributed by atoms with van der Waals surface area (Å²) in [5, 5.41) is 8.95. The highest BCUT2D eigenvalue weighted by Gasteiger charge is 2.33. The molecule has 0 heterocycles. The molecule has 11 aromatic carbocycles. The minimum atomic E-state index is -3.92. The summed E-state index contributed by atoms with van der Waals surface area (Å²) in [5.74, 6) is 0.484. The van der Waals surface area contributed by atoms with Crippen LogP contribution in [0.3, 0.4) is 0 Å². The van der Waals surface area contributed by atoms with Crippen molar-refractivity contribution >= 4 is 88.4 Å². The smallest absolute Gasteiger partial charge is 0.343 e. The minimum absolute atomic E-state index is 0.155. The fourth-order valence-electron chi connectivity index (χ4n) is 9.75. The first-order valence-electron chi connectivity index (χ1n) is 29.1. The molecule has 0 saturated heterocycles. The molecule has 16 heteroatoms. The van der Waals surface area contributed by atoms with Crippen molar-refractivity contribution in [1.29, 1.82) is 0 Å². The average molecular weight is 1350 g/mol. The zero-order chi connectivity index (χ0) is 66.8. The highest BCUT2D eigenvalue weighted by molar-refractivity contribution is 7.97. The summed E-state index contributed by atoms with van der Waals surface area (Å²) in [6, 6.07) is 87.8. The normalized spacial score (nSPS) is 10.8. The summed E-state index contributed by atoms with van der Waals surface area (Å²) in [7, 11) is -4.71. The van der Waals surface area contributed by atoms with E-state index in [-0.39, 0.29) is 32.7 Å². The molecule has 0 aliphatic heterocycles. The first kappa shape index (κ1) is 69.9. The van der Waals surface area contributed by atoms with Crippen LogP contribution in [-0.4, -0.2) is 46.8 Å². The van der Waals surface area contributed by atoms with Crippen molar-refractivity contribution in [2.45, 2.75) is 85.6 Å². The second kappa shape index (κ2) is 33.1. The number of ether oxygens (including phenoxy) is 2. The molecule has 0 aliphatic carbocycles. The monoisotopic (exact) mass is 1350 g/mol. The first-order valence-corrected chi connectivity index (χ1v) is 35.3. The third-order valence-corrected chi connectivity index (χ3v) is 21.0. The molecule has 470 valence electrons. The number of rotatable bonds is 15. The Labute approximate surface area is 562 Å². The summed E-state index contributed by atoms with van der Waals surface area (Å²) in [6.45, 7) is 11.8. The second-order valence-corrected chi connectivity index (χ2v) is 29.3. The predicted octanol–water partition coefficient (Wildman–Crippen LogP) is 18.3. The Kier molecular flexibility index (Phi) is 24.8. The molecular formula is C77H66Cl2O10S4+2. The molecule has 0 amide bonds. The molecular weight excluding hydrogens is 1280 g/mol. The van der Waals surface area contributed by atoms with Gasteiger partial charge in [0, 0.05) is 53.8 Å². The van der Waals surface area contributed by atoms with Gasteiger partial charge in [0.25, 0.3) is 10.5 Å². The number of phenols is 1. The lowest BCUT2D eigenvalue weighted by Crippen LogP contribution is -2.14. The molecule has 0 spiro atoms. The van der Waals surface area contributed by atoms with Crippen molar-refractivity contribution in [2.24, 2.45) is 0 Å². The van der Waals surface area contributed by atoms with Crippen LogP contribution in [0.1, 0.15) is 74.8 Å². The predicted molar refractivity (Wildman–Crippen MR) is 373 cm³/mol. The van der Waals surface area contributed by atoms with E-state index >= 15 is 0 Å². The van der Waals surface area contributed by atoms with Gasteiger partial charge in [-0.05, 0) is 219 Å². The fraction of sp³-hybridized carbons (Fsp3) is 0.0909. The third kappa shape index (κ3) is 19.5. The van der Waals surface area contributed by atoms with Gasteiger partial charge in [0.05, 0.1) is 53.9 Å². The maximum Gasteiger partial charge on any atom is 0.343 e. The Morgan fingerprint density at radius 3 is 0.710 bits per heavy atom. The van der Waals surface area contributed by atoms with Crippen LogP contribution in [0, 0.1) is 41.5 Å². The maximum atomic E-state index is 13.4. The van der Waals surface area contributed by atoms with Crippen LogP contribution >= 0.6 is 23.2 Å². The lowest BCUT2D eigenvalue weighted by Gasteiger charge is -2.14. The van der Waals surface area contributed by atoms with Gasteiger partial charge in [-0.2, -0.15) is 0 Å². The molecule has 1 N–H and O–H groups in total. The third-order valence-electron chi connectivity index (χ3n) is 14.0. The standard InChI is InChI=1S/C48H40O4S2.C20H18OS.C8H4Cl2O2.CH4O3S/c1-33-29-43(53(39-17-9-5-10-18-39)40-19-11-6-12-20-40)30-34(2)45(33)51-47(49)37-25-27-38(28-26-37)48(50)52-46-35(3)31-44(32-36(46)4)54(41-21-13-7-14-22-41)42-23-15-8-16-24-42;1-15-13-19(14-16(2)20(15)21)22(17-9-5-3-6-10-17)18-11-7-4-8-12-18;9-7(11)5-1-2-6(4-3-5)8(10)12;1-5(2,3)4/h5-32H,1-4H3;3-14H,1-2H3;1-4H;1H3,(H,2,3,4)/q+2;;;. The van der Waals surface area contributed by atoms with Crippen molar-refractivity contribution in [3.63, 3.8) is 0 Å². The van der Waals surface area contributed by atoms with Crippen molar-refractivity contribution in [3.8, 4) is 17.2 Å². The number of carbonyl (C=O) groups is 4. The number of hydrogen-bond donors (Lipinski definition) is 1. The molecule has 11 aromatic rings. The number of aryl methyl sites for hydroxylation is 6. The largest absolute Gasteiger partial charge is 0.748 e. The van der Waals surface area contributed by atoms with Gasteiger partial charge in [-0.1, -0.05) is 109 Å². The zero-order valence-electron chi connectivity index (χ0n) is 51.9. The van der Waals surface area contributed by atoms with E-state index in [4.69, 9.17) is 45.6 Å². The molecule has 0 saturated carbocycles. The Morgan fingerprint density at radius 2 is 0.516 bits per heavy atom. The molecule has 0 radical (unpaired) electrons. The fourth-order valence-corrected chi connectivity index (χ4v) is 16.8. The molecule has 0 aromatic heterocycles. The van der Waals surface area contributed by atoms with Gasteiger partial charge < -0.3 is 19.1 Å². The van der Waals surface area contributed by atoms with E-state index in [1.54, 1.807) is 24.3 Å². The number of esters is 2. The molecule has 10 nitrogen and oxygen atoms in total. The summed E-state index contributed by atoms with van der Waals surface area (Å²) in [6.07, 6.45) is 0.604. The van der Waals surface area contributed by atoms with Crippen molar-refractivity contribution in [3.05, 3.63) is 323 Å². The molecule has 0 atom stereocenters. The SMILES string of the molecule is CS(=O)(=O)[O-].Cc1cc([S+](c2ccccc2)c2ccccc2)cc(C)c1O.Cc1cc([S+](c2ccccc2)c2ccccc2)cc(C)c1OC(=O)c1ccc(C(=O)Oc2c(C)cc([S+](c3ccccc3)c3ccccc3)cc2C)cc1.O=C(Cl)c1ccc(C(=O)Cl)cc1.